The molecule has 1 aromatic rings. The number of benzene rings is 1. The van der Waals surface area contributed by atoms with Gasteiger partial charge in [0.1, 0.15) is 0 Å². The summed E-state index contributed by atoms with van der Waals surface area (Å²) < 4.78 is 0. The Morgan fingerprint density at radius 3 is 1.64 bits per heavy atom. The fraction of sp³-hybridized carbons (Fsp3) is 0.700. The van der Waals surface area contributed by atoms with Gasteiger partial charge in [-0.15, -0.1) is 0 Å². The van der Waals surface area contributed by atoms with Crippen molar-refractivity contribution in [3.63, 3.8) is 0 Å². The smallest absolute Gasteiger partial charge is 0.172 e. The predicted molar refractivity (Wildman–Crippen MR) is 95.3 cm³/mol. The van der Waals surface area contributed by atoms with E-state index in [1.54, 1.807) is 0 Å². The van der Waals surface area contributed by atoms with Crippen molar-refractivity contribution in [1.82, 2.24) is 0 Å². The second-order valence-electron chi connectivity index (χ2n) is 9.03. The van der Waals surface area contributed by atoms with Crippen LogP contribution in [0.1, 0.15) is 103 Å². The Hall–Kier alpha value is -1.02. The van der Waals surface area contributed by atoms with E-state index in [0.717, 1.165) is 11.1 Å². The molecule has 1 rings (SSSR count). The van der Waals surface area contributed by atoms with Crippen LogP contribution in [0.4, 0.5) is 0 Å². The van der Waals surface area contributed by atoms with Gasteiger partial charge < -0.3 is 4.89 Å². The van der Waals surface area contributed by atoms with Crippen molar-refractivity contribution < 1.29 is 10.1 Å². The van der Waals surface area contributed by atoms with Crippen LogP contribution in [0.5, 0.6) is 5.75 Å². The van der Waals surface area contributed by atoms with Crippen LogP contribution in [0.15, 0.2) is 6.07 Å². The second kappa shape index (κ2) is 6.23. The second-order valence-corrected chi connectivity index (χ2v) is 9.03. The normalized spacial score (nSPS) is 13.1. The van der Waals surface area contributed by atoms with Crippen molar-refractivity contribution in [3.05, 3.63) is 28.3 Å². The van der Waals surface area contributed by atoms with Gasteiger partial charge in [0.05, 0.1) is 0 Å². The lowest BCUT2D eigenvalue weighted by molar-refractivity contribution is -0.139. The maximum atomic E-state index is 9.58. The summed E-state index contributed by atoms with van der Waals surface area (Å²) in [6.45, 7) is 22.1. The largest absolute Gasteiger partial charge is 0.340 e. The molecule has 0 radical (unpaired) electrons. The fourth-order valence-corrected chi connectivity index (χ4v) is 3.19. The summed E-state index contributed by atoms with van der Waals surface area (Å²) in [4.78, 5) is 4.90. The zero-order chi connectivity index (χ0) is 17.5. The Morgan fingerprint density at radius 1 is 0.864 bits per heavy atom. The Labute approximate surface area is 136 Å². The molecule has 0 bridgehead atoms. The molecular weight excluding hydrogens is 272 g/mol. The van der Waals surface area contributed by atoms with E-state index in [0.29, 0.717) is 11.7 Å². The minimum absolute atomic E-state index is 0.00892. The highest BCUT2D eigenvalue weighted by Gasteiger charge is 2.33. The molecule has 0 spiro atoms. The van der Waals surface area contributed by atoms with Crippen LogP contribution in [-0.4, -0.2) is 5.26 Å². The van der Waals surface area contributed by atoms with Gasteiger partial charge in [0, 0.05) is 11.1 Å². The molecule has 0 saturated carbocycles. The maximum absolute atomic E-state index is 9.58. The zero-order valence-corrected chi connectivity index (χ0v) is 16.1. The van der Waals surface area contributed by atoms with Crippen molar-refractivity contribution in [2.45, 2.75) is 91.9 Å². The van der Waals surface area contributed by atoms with Gasteiger partial charge in [-0.3, -0.25) is 0 Å². The summed E-state index contributed by atoms with van der Waals surface area (Å²) in [6, 6.07) is 2.24. The van der Waals surface area contributed by atoms with E-state index >= 15 is 0 Å². The van der Waals surface area contributed by atoms with E-state index in [2.05, 4.69) is 75.3 Å². The first kappa shape index (κ1) is 19.0. The van der Waals surface area contributed by atoms with E-state index < -0.39 is 0 Å². The van der Waals surface area contributed by atoms with Gasteiger partial charge in [-0.05, 0) is 33.8 Å². The van der Waals surface area contributed by atoms with E-state index in [1.165, 1.54) is 11.1 Å². The molecule has 2 heteroatoms. The van der Waals surface area contributed by atoms with E-state index in [4.69, 9.17) is 4.89 Å². The van der Waals surface area contributed by atoms with Gasteiger partial charge in [0.15, 0.2) is 5.75 Å². The van der Waals surface area contributed by atoms with Crippen LogP contribution < -0.4 is 4.89 Å². The highest BCUT2D eigenvalue weighted by atomic mass is 17.1. The molecule has 2 nitrogen and oxygen atoms in total. The fourth-order valence-electron chi connectivity index (χ4n) is 3.19. The van der Waals surface area contributed by atoms with Gasteiger partial charge in [0.2, 0.25) is 0 Å². The molecule has 0 atom stereocenters. The zero-order valence-electron chi connectivity index (χ0n) is 16.1. The van der Waals surface area contributed by atoms with Gasteiger partial charge in [-0.2, -0.15) is 0 Å². The molecule has 0 saturated heterocycles. The SMILES string of the molecule is CC(C)c1cc(C(C)(C)C)c(C(C)(C)C)c(C(C)C)c1OO. The molecule has 0 aliphatic rings. The molecule has 1 aromatic carbocycles. The molecule has 0 unspecified atom stereocenters. The van der Waals surface area contributed by atoms with Gasteiger partial charge in [-0.1, -0.05) is 75.3 Å². The molecule has 0 heterocycles. The van der Waals surface area contributed by atoms with Crippen LogP contribution in [0.2, 0.25) is 0 Å². The topological polar surface area (TPSA) is 29.5 Å². The third-order valence-electron chi connectivity index (χ3n) is 4.19. The Kier molecular flexibility index (Phi) is 5.39. The van der Waals surface area contributed by atoms with Crippen molar-refractivity contribution in [3.8, 4) is 5.75 Å². The van der Waals surface area contributed by atoms with Crippen LogP contribution in [0.25, 0.3) is 0 Å². The van der Waals surface area contributed by atoms with Crippen molar-refractivity contribution in [2.24, 2.45) is 0 Å². The highest BCUT2D eigenvalue weighted by Crippen LogP contribution is 2.46. The van der Waals surface area contributed by atoms with E-state index in [1.807, 2.05) is 0 Å². The summed E-state index contributed by atoms with van der Waals surface area (Å²) in [5.41, 5.74) is 4.93. The summed E-state index contributed by atoms with van der Waals surface area (Å²) >= 11 is 0. The Bertz CT molecular complexity index is 526. The first-order valence-electron chi connectivity index (χ1n) is 8.35. The Morgan fingerprint density at radius 2 is 1.36 bits per heavy atom. The minimum Gasteiger partial charge on any atom is -0.340 e. The van der Waals surface area contributed by atoms with Crippen LogP contribution in [0.3, 0.4) is 0 Å². The number of rotatable bonds is 3. The average Bonchev–Trinajstić information content (AvgIpc) is 2.33. The molecule has 22 heavy (non-hydrogen) atoms. The predicted octanol–water partition coefficient (Wildman–Crippen LogP) is 6.38. The molecule has 0 aliphatic heterocycles. The molecular formula is C20H34O2. The third kappa shape index (κ3) is 3.65. The molecule has 0 aliphatic carbocycles. The van der Waals surface area contributed by atoms with Gasteiger partial charge in [-0.25, -0.2) is 5.26 Å². The van der Waals surface area contributed by atoms with Crippen molar-refractivity contribution >= 4 is 0 Å². The third-order valence-corrected chi connectivity index (χ3v) is 4.19. The highest BCUT2D eigenvalue weighted by molar-refractivity contribution is 5.57. The molecule has 1 N–H and O–H groups in total. The first-order valence-corrected chi connectivity index (χ1v) is 8.35. The van der Waals surface area contributed by atoms with Crippen LogP contribution in [0, 0.1) is 0 Å². The summed E-state index contributed by atoms with van der Waals surface area (Å²) in [5, 5.41) is 9.58. The molecule has 0 fully saturated rings. The maximum Gasteiger partial charge on any atom is 0.172 e. The van der Waals surface area contributed by atoms with Gasteiger partial charge >= 0.3 is 0 Å². The van der Waals surface area contributed by atoms with E-state index in [9.17, 15) is 5.26 Å². The minimum atomic E-state index is -0.00892. The molecule has 0 amide bonds. The lowest BCUT2D eigenvalue weighted by Gasteiger charge is -2.35. The first-order chi connectivity index (χ1) is 9.82. The standard InChI is InChI=1S/C20H34O2/c1-12(2)14-11-15(19(5,6)7)17(20(8,9)10)16(13(3)4)18(14)22-21/h11-13,21H,1-10H3. The van der Waals surface area contributed by atoms with E-state index in [-0.39, 0.29) is 16.7 Å². The average molecular weight is 306 g/mol. The lowest BCUT2D eigenvalue weighted by Crippen LogP contribution is -2.25. The van der Waals surface area contributed by atoms with Crippen molar-refractivity contribution in [2.75, 3.05) is 0 Å². The summed E-state index contributed by atoms with van der Waals surface area (Å²) in [7, 11) is 0. The van der Waals surface area contributed by atoms with Gasteiger partial charge in [0.25, 0.3) is 0 Å². The molecule has 0 aromatic heterocycles. The Balaban J connectivity index is 4.01. The summed E-state index contributed by atoms with van der Waals surface area (Å²) in [6.07, 6.45) is 0. The van der Waals surface area contributed by atoms with Crippen molar-refractivity contribution in [1.29, 1.82) is 0 Å². The quantitative estimate of drug-likeness (QED) is 0.518. The molecule has 126 valence electrons. The number of hydrogen-bond acceptors (Lipinski definition) is 2. The number of hydrogen-bond donors (Lipinski definition) is 1. The van der Waals surface area contributed by atoms with Crippen LogP contribution in [-0.2, 0) is 10.8 Å². The lowest BCUT2D eigenvalue weighted by atomic mass is 9.70. The monoisotopic (exact) mass is 306 g/mol. The summed E-state index contributed by atoms with van der Waals surface area (Å²) in [5.74, 6) is 1.24. The van der Waals surface area contributed by atoms with Crippen LogP contribution >= 0.6 is 0 Å².